The number of hydrogen-bond donors (Lipinski definition) is 1. The lowest BCUT2D eigenvalue weighted by atomic mass is 10.1. The van der Waals surface area contributed by atoms with E-state index in [1.807, 2.05) is 16.7 Å². The Labute approximate surface area is 142 Å². The Morgan fingerprint density at radius 1 is 1.04 bits per heavy atom. The number of benzene rings is 2. The topological polar surface area (TPSA) is 47.3 Å². The summed E-state index contributed by atoms with van der Waals surface area (Å²) in [5.74, 6) is 1.59. The zero-order chi connectivity index (χ0) is 17.3. The van der Waals surface area contributed by atoms with Crippen molar-refractivity contribution >= 4 is 11.0 Å². The molecule has 0 unspecified atom stereocenters. The van der Waals surface area contributed by atoms with E-state index in [1.165, 1.54) is 22.3 Å². The average molecular weight is 324 g/mol. The van der Waals surface area contributed by atoms with Gasteiger partial charge >= 0.3 is 0 Å². The molecule has 3 rings (SSSR count). The van der Waals surface area contributed by atoms with Gasteiger partial charge in [0, 0.05) is 0 Å². The smallest absolute Gasteiger partial charge is 0.135 e. The number of nitrogens with zero attached hydrogens (tertiary/aromatic N) is 2. The highest BCUT2D eigenvalue weighted by molar-refractivity contribution is 5.78. The van der Waals surface area contributed by atoms with Crippen molar-refractivity contribution in [3.05, 3.63) is 58.4 Å². The zero-order valence-electron chi connectivity index (χ0n) is 14.8. The molecular weight excluding hydrogens is 300 g/mol. The molecule has 0 aliphatic rings. The fourth-order valence-corrected chi connectivity index (χ4v) is 2.93. The molecule has 0 radical (unpaired) electrons. The van der Waals surface area contributed by atoms with Gasteiger partial charge in [-0.1, -0.05) is 12.1 Å². The highest BCUT2D eigenvalue weighted by Gasteiger charge is 2.12. The number of rotatable bonds is 5. The third kappa shape index (κ3) is 3.02. The summed E-state index contributed by atoms with van der Waals surface area (Å²) in [6.45, 7) is 9.45. The van der Waals surface area contributed by atoms with Gasteiger partial charge in [-0.3, -0.25) is 0 Å². The van der Waals surface area contributed by atoms with Crippen LogP contribution in [0.4, 0.5) is 0 Å². The van der Waals surface area contributed by atoms with Gasteiger partial charge in [-0.25, -0.2) is 4.98 Å². The van der Waals surface area contributed by atoms with Crippen LogP contribution in [0.15, 0.2) is 30.3 Å². The van der Waals surface area contributed by atoms with E-state index in [0.29, 0.717) is 19.0 Å². The van der Waals surface area contributed by atoms with Crippen LogP contribution in [-0.4, -0.2) is 21.3 Å². The van der Waals surface area contributed by atoms with Gasteiger partial charge in [0.15, 0.2) is 0 Å². The number of aliphatic hydroxyl groups excluding tert-OH is 1. The highest BCUT2D eigenvalue weighted by Crippen LogP contribution is 2.23. The molecule has 24 heavy (non-hydrogen) atoms. The number of aliphatic hydroxyl groups is 1. The Morgan fingerprint density at radius 2 is 1.79 bits per heavy atom. The molecule has 0 saturated heterocycles. The SMILES string of the molecule is Cc1cc2nc(CO)n(CCOc3cccc(C)c3C)c2cc1C. The van der Waals surface area contributed by atoms with Crippen LogP contribution in [0.1, 0.15) is 28.1 Å². The molecule has 4 heteroatoms. The summed E-state index contributed by atoms with van der Waals surface area (Å²) in [6.07, 6.45) is 0. The van der Waals surface area contributed by atoms with Crippen molar-refractivity contribution in [3.63, 3.8) is 0 Å². The fourth-order valence-electron chi connectivity index (χ4n) is 2.93. The van der Waals surface area contributed by atoms with Crippen molar-refractivity contribution in [2.75, 3.05) is 6.61 Å². The van der Waals surface area contributed by atoms with Crippen LogP contribution >= 0.6 is 0 Å². The molecule has 0 aliphatic heterocycles. The van der Waals surface area contributed by atoms with Crippen molar-refractivity contribution in [3.8, 4) is 5.75 Å². The summed E-state index contributed by atoms with van der Waals surface area (Å²) in [6, 6.07) is 10.3. The summed E-state index contributed by atoms with van der Waals surface area (Å²) in [5.41, 5.74) is 6.80. The summed E-state index contributed by atoms with van der Waals surface area (Å²) in [7, 11) is 0. The fraction of sp³-hybridized carbons (Fsp3) is 0.350. The van der Waals surface area contributed by atoms with Crippen LogP contribution in [0.25, 0.3) is 11.0 Å². The lowest BCUT2D eigenvalue weighted by Crippen LogP contribution is -2.12. The van der Waals surface area contributed by atoms with E-state index in [4.69, 9.17) is 4.74 Å². The van der Waals surface area contributed by atoms with Crippen molar-refractivity contribution in [1.82, 2.24) is 9.55 Å². The predicted octanol–water partition coefficient (Wildman–Crippen LogP) is 3.84. The minimum Gasteiger partial charge on any atom is -0.491 e. The third-order valence-electron chi connectivity index (χ3n) is 4.71. The maximum absolute atomic E-state index is 9.63. The second-order valence-electron chi connectivity index (χ2n) is 6.31. The standard InChI is InChI=1S/C20H24N2O2/c1-13-6-5-7-19(16(13)4)24-9-8-22-18-11-15(3)14(2)10-17(18)21-20(22)12-23/h5-7,10-11,23H,8-9,12H2,1-4H3. The predicted molar refractivity (Wildman–Crippen MR) is 96.5 cm³/mol. The van der Waals surface area contributed by atoms with Crippen molar-refractivity contribution < 1.29 is 9.84 Å². The number of hydrogen-bond acceptors (Lipinski definition) is 3. The quantitative estimate of drug-likeness (QED) is 0.775. The maximum Gasteiger partial charge on any atom is 0.135 e. The van der Waals surface area contributed by atoms with E-state index in [1.54, 1.807) is 0 Å². The first-order chi connectivity index (χ1) is 11.5. The van der Waals surface area contributed by atoms with Crippen molar-refractivity contribution in [2.45, 2.75) is 40.8 Å². The van der Waals surface area contributed by atoms with E-state index in [9.17, 15) is 5.11 Å². The van der Waals surface area contributed by atoms with Crippen LogP contribution in [0.5, 0.6) is 5.75 Å². The van der Waals surface area contributed by atoms with Crippen LogP contribution in [-0.2, 0) is 13.2 Å². The third-order valence-corrected chi connectivity index (χ3v) is 4.71. The first-order valence-corrected chi connectivity index (χ1v) is 8.27. The van der Waals surface area contributed by atoms with E-state index in [0.717, 1.165) is 16.8 Å². The van der Waals surface area contributed by atoms with Gasteiger partial charge in [-0.15, -0.1) is 0 Å². The van der Waals surface area contributed by atoms with Gasteiger partial charge in [0.05, 0.1) is 17.6 Å². The lowest BCUT2D eigenvalue weighted by Gasteiger charge is -2.13. The molecular formula is C20H24N2O2. The van der Waals surface area contributed by atoms with E-state index < -0.39 is 0 Å². The lowest BCUT2D eigenvalue weighted by molar-refractivity contribution is 0.255. The number of fused-ring (bicyclic) bond motifs is 1. The van der Waals surface area contributed by atoms with Gasteiger partial charge in [-0.2, -0.15) is 0 Å². The normalized spacial score (nSPS) is 11.2. The first kappa shape index (κ1) is 16.5. The average Bonchev–Trinajstić information content (AvgIpc) is 2.89. The first-order valence-electron chi connectivity index (χ1n) is 8.27. The number of aryl methyl sites for hydroxylation is 3. The molecule has 0 amide bonds. The second kappa shape index (κ2) is 6.65. The van der Waals surface area contributed by atoms with E-state index >= 15 is 0 Å². The Hall–Kier alpha value is -2.33. The van der Waals surface area contributed by atoms with Crippen LogP contribution in [0, 0.1) is 27.7 Å². The molecule has 0 bridgehead atoms. The van der Waals surface area contributed by atoms with E-state index in [-0.39, 0.29) is 6.61 Å². The molecule has 0 fully saturated rings. The second-order valence-corrected chi connectivity index (χ2v) is 6.31. The Morgan fingerprint density at radius 3 is 2.54 bits per heavy atom. The Kier molecular flexibility index (Phi) is 4.58. The summed E-state index contributed by atoms with van der Waals surface area (Å²) < 4.78 is 8.01. The summed E-state index contributed by atoms with van der Waals surface area (Å²) >= 11 is 0. The van der Waals surface area contributed by atoms with Gasteiger partial charge in [0.1, 0.15) is 24.8 Å². The molecule has 4 nitrogen and oxygen atoms in total. The molecule has 2 aromatic carbocycles. The molecule has 0 atom stereocenters. The molecule has 1 heterocycles. The summed E-state index contributed by atoms with van der Waals surface area (Å²) in [5, 5.41) is 9.63. The van der Waals surface area contributed by atoms with Gasteiger partial charge in [-0.05, 0) is 68.1 Å². The molecule has 0 aliphatic carbocycles. The molecule has 3 aromatic rings. The minimum atomic E-state index is -0.0732. The molecule has 1 N–H and O–H groups in total. The molecule has 1 aromatic heterocycles. The molecule has 126 valence electrons. The van der Waals surface area contributed by atoms with Crippen molar-refractivity contribution in [1.29, 1.82) is 0 Å². The minimum absolute atomic E-state index is 0.0732. The van der Waals surface area contributed by atoms with E-state index in [2.05, 4.69) is 50.9 Å². The zero-order valence-corrected chi connectivity index (χ0v) is 14.8. The number of imidazole rings is 1. The molecule has 0 saturated carbocycles. The van der Waals surface area contributed by atoms with Gasteiger partial charge in [0.2, 0.25) is 0 Å². The monoisotopic (exact) mass is 324 g/mol. The maximum atomic E-state index is 9.63. The Balaban J connectivity index is 1.84. The van der Waals surface area contributed by atoms with Gasteiger partial charge < -0.3 is 14.4 Å². The Bertz CT molecular complexity index is 881. The largest absolute Gasteiger partial charge is 0.491 e. The highest BCUT2D eigenvalue weighted by atomic mass is 16.5. The van der Waals surface area contributed by atoms with Crippen LogP contribution in [0.2, 0.25) is 0 Å². The number of aromatic nitrogens is 2. The number of ether oxygens (including phenoxy) is 1. The van der Waals surface area contributed by atoms with Gasteiger partial charge in [0.25, 0.3) is 0 Å². The summed E-state index contributed by atoms with van der Waals surface area (Å²) in [4.78, 5) is 4.55. The van der Waals surface area contributed by atoms with Crippen LogP contribution < -0.4 is 4.74 Å². The van der Waals surface area contributed by atoms with Crippen LogP contribution in [0.3, 0.4) is 0 Å². The molecule has 0 spiro atoms. The van der Waals surface area contributed by atoms with Crippen molar-refractivity contribution in [2.24, 2.45) is 0 Å².